The van der Waals surface area contributed by atoms with E-state index in [2.05, 4.69) is 15.8 Å². The first kappa shape index (κ1) is 23.0. The van der Waals surface area contributed by atoms with Crippen LogP contribution < -0.4 is 19.7 Å². The van der Waals surface area contributed by atoms with Gasteiger partial charge in [-0.15, -0.1) is 0 Å². The predicted octanol–water partition coefficient (Wildman–Crippen LogP) is 2.50. The molecule has 2 aromatic rings. The van der Waals surface area contributed by atoms with E-state index in [1.165, 1.54) is 44.5 Å². The largest absolute Gasteiger partial charge is 0.493 e. The summed E-state index contributed by atoms with van der Waals surface area (Å²) in [5.41, 5.74) is 3.24. The molecule has 0 unspecified atom stereocenters. The van der Waals surface area contributed by atoms with Crippen LogP contribution >= 0.6 is 12.2 Å². The number of hydrazone groups is 1. The first-order valence-corrected chi connectivity index (χ1v) is 10.4. The molecule has 0 spiro atoms. The third-order valence-corrected chi connectivity index (χ3v) is 5.24. The van der Waals surface area contributed by atoms with Crippen LogP contribution in [-0.2, 0) is 10.1 Å². The maximum Gasteiger partial charge on any atom is 0.339 e. The van der Waals surface area contributed by atoms with Gasteiger partial charge in [0.25, 0.3) is 5.69 Å². The molecule has 160 valence electrons. The van der Waals surface area contributed by atoms with Gasteiger partial charge in [0.1, 0.15) is 4.90 Å². The summed E-state index contributed by atoms with van der Waals surface area (Å²) in [6.45, 7) is 4.06. The Morgan fingerprint density at radius 3 is 2.63 bits per heavy atom. The molecule has 0 aromatic heterocycles. The van der Waals surface area contributed by atoms with E-state index in [0.717, 1.165) is 6.07 Å². The van der Waals surface area contributed by atoms with E-state index in [-0.39, 0.29) is 22.1 Å². The van der Waals surface area contributed by atoms with Crippen LogP contribution in [-0.4, -0.2) is 38.3 Å². The van der Waals surface area contributed by atoms with Crippen LogP contribution in [0.25, 0.3) is 0 Å². The number of methoxy groups -OCH3 is 1. The van der Waals surface area contributed by atoms with E-state index < -0.39 is 15.0 Å². The lowest BCUT2D eigenvalue weighted by Crippen LogP contribution is -2.31. The van der Waals surface area contributed by atoms with Gasteiger partial charge < -0.3 is 14.2 Å². The quantitative estimate of drug-likeness (QED) is 0.204. The molecule has 10 nitrogen and oxygen atoms in total. The summed E-state index contributed by atoms with van der Waals surface area (Å²) in [6, 6.07) is 8.01. The number of rotatable bonds is 8. The van der Waals surface area contributed by atoms with E-state index in [9.17, 15) is 18.5 Å². The number of nitrogens with zero attached hydrogens (tertiary/aromatic N) is 2. The molecule has 2 rings (SSSR count). The van der Waals surface area contributed by atoms with Gasteiger partial charge in [-0.05, 0) is 55.9 Å². The fourth-order valence-corrected chi connectivity index (χ4v) is 3.46. The number of hydrogen-bond acceptors (Lipinski definition) is 8. The normalized spacial score (nSPS) is 11.2. The SMILES string of the molecule is CCNC(=S)NN=Cc1ccc(OS(=O)(=O)c2ccc(C)c([N+](=O)[O-])c2)c(OC)c1. The molecule has 0 fully saturated rings. The monoisotopic (exact) mass is 452 g/mol. The first-order valence-electron chi connectivity index (χ1n) is 8.62. The van der Waals surface area contributed by atoms with Crippen LogP contribution in [0.3, 0.4) is 0 Å². The smallest absolute Gasteiger partial charge is 0.339 e. The van der Waals surface area contributed by atoms with E-state index in [4.69, 9.17) is 21.1 Å². The molecule has 0 heterocycles. The Morgan fingerprint density at radius 2 is 2.00 bits per heavy atom. The van der Waals surface area contributed by atoms with Crippen LogP contribution in [0.5, 0.6) is 11.5 Å². The van der Waals surface area contributed by atoms with Crippen molar-refractivity contribution in [3.63, 3.8) is 0 Å². The van der Waals surface area contributed by atoms with Gasteiger partial charge in [0.15, 0.2) is 16.6 Å². The van der Waals surface area contributed by atoms with Crippen LogP contribution in [0, 0.1) is 17.0 Å². The highest BCUT2D eigenvalue weighted by Crippen LogP contribution is 2.31. The molecular formula is C18H20N4O6S2. The number of ether oxygens (including phenoxy) is 1. The Hall–Kier alpha value is -3.25. The third kappa shape index (κ3) is 5.87. The van der Waals surface area contributed by atoms with Crippen molar-refractivity contribution in [3.8, 4) is 11.5 Å². The number of benzene rings is 2. The van der Waals surface area contributed by atoms with E-state index in [1.807, 2.05) is 6.92 Å². The highest BCUT2D eigenvalue weighted by Gasteiger charge is 2.23. The molecule has 0 amide bonds. The Balaban J connectivity index is 2.25. The van der Waals surface area contributed by atoms with Crippen molar-refractivity contribution in [1.82, 2.24) is 10.7 Å². The molecule has 0 aliphatic rings. The average molecular weight is 453 g/mol. The van der Waals surface area contributed by atoms with Gasteiger partial charge in [-0.1, -0.05) is 6.07 Å². The summed E-state index contributed by atoms with van der Waals surface area (Å²) >= 11 is 4.99. The molecule has 0 saturated carbocycles. The zero-order valence-electron chi connectivity index (χ0n) is 16.4. The second kappa shape index (κ2) is 9.98. The topological polar surface area (TPSA) is 132 Å². The zero-order chi connectivity index (χ0) is 22.3. The summed E-state index contributed by atoms with van der Waals surface area (Å²) in [5, 5.41) is 18.3. The Morgan fingerprint density at radius 1 is 1.27 bits per heavy atom. The highest BCUT2D eigenvalue weighted by atomic mass is 32.2. The molecule has 0 saturated heterocycles. The van der Waals surface area contributed by atoms with E-state index in [0.29, 0.717) is 22.8 Å². The lowest BCUT2D eigenvalue weighted by atomic mass is 10.2. The highest BCUT2D eigenvalue weighted by molar-refractivity contribution is 7.87. The van der Waals surface area contributed by atoms with Crippen molar-refractivity contribution >= 4 is 39.4 Å². The van der Waals surface area contributed by atoms with Crippen LogP contribution in [0.4, 0.5) is 5.69 Å². The zero-order valence-corrected chi connectivity index (χ0v) is 18.0. The third-order valence-electron chi connectivity index (χ3n) is 3.77. The fraction of sp³-hybridized carbons (Fsp3) is 0.222. The average Bonchev–Trinajstić information content (AvgIpc) is 2.69. The van der Waals surface area contributed by atoms with Crippen molar-refractivity contribution in [2.75, 3.05) is 13.7 Å². The summed E-state index contributed by atoms with van der Waals surface area (Å²) in [6.07, 6.45) is 1.47. The van der Waals surface area contributed by atoms with Crippen molar-refractivity contribution < 1.29 is 22.3 Å². The molecule has 30 heavy (non-hydrogen) atoms. The number of nitro benzene ring substituents is 1. The van der Waals surface area contributed by atoms with E-state index >= 15 is 0 Å². The van der Waals surface area contributed by atoms with Crippen molar-refractivity contribution in [2.45, 2.75) is 18.7 Å². The minimum Gasteiger partial charge on any atom is -0.493 e. The molecule has 0 aliphatic carbocycles. The standard InChI is InChI=1S/C18H20N4O6S2/c1-4-19-18(29)21-20-11-13-6-8-16(17(9-13)27-3)28-30(25,26)14-7-5-12(2)15(10-14)22(23)24/h5-11H,4H2,1-3H3,(H2,19,21,29). The number of nitrogens with one attached hydrogen (secondary N) is 2. The summed E-state index contributed by atoms with van der Waals surface area (Å²) < 4.78 is 35.5. The number of thiocarbonyl (C=S) groups is 1. The second-order valence-corrected chi connectivity index (χ2v) is 7.84. The van der Waals surface area contributed by atoms with Crippen molar-refractivity contribution in [1.29, 1.82) is 0 Å². The minimum atomic E-state index is -4.32. The maximum absolute atomic E-state index is 12.6. The summed E-state index contributed by atoms with van der Waals surface area (Å²) in [5.74, 6) is 0.0624. The lowest BCUT2D eigenvalue weighted by Gasteiger charge is -2.11. The Kier molecular flexibility index (Phi) is 7.66. The number of aryl methyl sites for hydroxylation is 1. The molecular weight excluding hydrogens is 432 g/mol. The molecule has 0 bridgehead atoms. The van der Waals surface area contributed by atoms with Crippen LogP contribution in [0.15, 0.2) is 46.4 Å². The molecule has 0 radical (unpaired) electrons. The number of nitro groups is 1. The fourth-order valence-electron chi connectivity index (χ4n) is 2.31. The van der Waals surface area contributed by atoms with Gasteiger partial charge in [0, 0.05) is 18.2 Å². The predicted molar refractivity (Wildman–Crippen MR) is 116 cm³/mol. The molecule has 2 N–H and O–H groups in total. The van der Waals surface area contributed by atoms with Gasteiger partial charge in [0.05, 0.1) is 18.2 Å². The Labute approximate surface area is 179 Å². The second-order valence-electron chi connectivity index (χ2n) is 5.88. The van der Waals surface area contributed by atoms with E-state index in [1.54, 1.807) is 6.07 Å². The van der Waals surface area contributed by atoms with Crippen LogP contribution in [0.1, 0.15) is 18.1 Å². The first-order chi connectivity index (χ1) is 14.2. The summed E-state index contributed by atoms with van der Waals surface area (Å²) in [7, 11) is -2.97. The van der Waals surface area contributed by atoms with Gasteiger partial charge in [-0.25, -0.2) is 0 Å². The van der Waals surface area contributed by atoms with Crippen molar-refractivity contribution in [3.05, 3.63) is 57.6 Å². The van der Waals surface area contributed by atoms with Gasteiger partial charge in [-0.2, -0.15) is 13.5 Å². The van der Waals surface area contributed by atoms with Gasteiger partial charge in [0.2, 0.25) is 0 Å². The molecule has 12 heteroatoms. The molecule has 0 atom stereocenters. The lowest BCUT2D eigenvalue weighted by molar-refractivity contribution is -0.385. The molecule has 0 aliphatic heterocycles. The van der Waals surface area contributed by atoms with Gasteiger partial charge in [-0.3, -0.25) is 15.5 Å². The van der Waals surface area contributed by atoms with Crippen LogP contribution in [0.2, 0.25) is 0 Å². The van der Waals surface area contributed by atoms with Gasteiger partial charge >= 0.3 is 10.1 Å². The molecule has 2 aromatic carbocycles. The Bertz CT molecular complexity index is 1090. The summed E-state index contributed by atoms with van der Waals surface area (Å²) in [4.78, 5) is 10.1. The van der Waals surface area contributed by atoms with Crippen molar-refractivity contribution in [2.24, 2.45) is 5.10 Å². The maximum atomic E-state index is 12.6. The number of hydrogen-bond donors (Lipinski definition) is 2. The minimum absolute atomic E-state index is 0.0750.